The second kappa shape index (κ2) is 16.8. The molecule has 6 N–H and O–H groups in total. The summed E-state index contributed by atoms with van der Waals surface area (Å²) in [6, 6.07) is 26.3. The molecule has 9 heterocycles. The maximum atomic E-state index is 5.41. The van der Waals surface area contributed by atoms with Crippen LogP contribution < -0.4 is 16.0 Å². The fourth-order valence-electron chi connectivity index (χ4n) is 8.62. The number of imidazole rings is 3. The summed E-state index contributed by atoms with van der Waals surface area (Å²) in [4.78, 5) is 39.3. The molecule has 0 spiro atoms. The quantitative estimate of drug-likeness (QED) is 0.0879. The lowest BCUT2D eigenvalue weighted by molar-refractivity contribution is 0.872. The molecule has 3 unspecified atom stereocenters. The van der Waals surface area contributed by atoms with Gasteiger partial charge in [-0.25, -0.2) is 15.0 Å². The predicted molar refractivity (Wildman–Crippen MR) is 266 cm³/mol. The number of aromatic amines is 3. The molecule has 3 aromatic carbocycles. The van der Waals surface area contributed by atoms with Crippen molar-refractivity contribution in [1.29, 1.82) is 0 Å². The van der Waals surface area contributed by atoms with Crippen LogP contribution in [-0.4, -0.2) is 59.8 Å². The first-order valence-electron chi connectivity index (χ1n) is 21.0. The number of thiocarbonyl (C=S) groups is 3. The molecule has 0 saturated carbocycles. The van der Waals surface area contributed by atoms with Crippen LogP contribution in [0.1, 0.15) is 74.5 Å². The maximum Gasteiger partial charge on any atom is 0.157 e. The van der Waals surface area contributed by atoms with Crippen LogP contribution in [0.3, 0.4) is 0 Å². The van der Waals surface area contributed by atoms with E-state index in [1.165, 1.54) is 16.7 Å². The van der Waals surface area contributed by atoms with E-state index in [0.717, 1.165) is 119 Å². The third kappa shape index (κ3) is 7.62. The number of anilines is 3. The number of hydrogen-bond donors (Lipinski definition) is 6. The fourth-order valence-corrected chi connectivity index (χ4v) is 9.83. The summed E-state index contributed by atoms with van der Waals surface area (Å²) in [5.41, 5.74) is 15.9. The van der Waals surface area contributed by atoms with Crippen LogP contribution >= 0.6 is 36.7 Å². The average Bonchev–Trinajstić information content (AvgIpc) is 4.17. The van der Waals surface area contributed by atoms with Crippen LogP contribution in [0.2, 0.25) is 0 Å². The number of nitrogens with one attached hydrogen (secondary N) is 6. The van der Waals surface area contributed by atoms with Gasteiger partial charge in [-0.05, 0) is 109 Å². The third-order valence-electron chi connectivity index (χ3n) is 11.8. The van der Waals surface area contributed by atoms with Crippen molar-refractivity contribution in [3.8, 4) is 34.3 Å². The van der Waals surface area contributed by atoms with E-state index < -0.39 is 0 Å². The highest BCUT2D eigenvalue weighted by Gasteiger charge is 2.29. The molecule has 0 bridgehead atoms. The Morgan fingerprint density at radius 2 is 0.952 bits per heavy atom. The van der Waals surface area contributed by atoms with Gasteiger partial charge in [0.15, 0.2) is 5.82 Å². The number of rotatable bonds is 6. The maximum absolute atomic E-state index is 5.41. The summed E-state index contributed by atoms with van der Waals surface area (Å²) in [6.07, 6.45) is 11.9. The highest BCUT2D eigenvalue weighted by Crippen LogP contribution is 2.41. The van der Waals surface area contributed by atoms with Gasteiger partial charge in [-0.1, -0.05) is 63.5 Å². The molecule has 9 aromatic rings. The van der Waals surface area contributed by atoms with Crippen molar-refractivity contribution in [3.63, 3.8) is 0 Å². The largest absolute Gasteiger partial charge is 0.349 e. The lowest BCUT2D eigenvalue weighted by Gasteiger charge is -2.05. The summed E-state index contributed by atoms with van der Waals surface area (Å²) in [7, 11) is 0. The van der Waals surface area contributed by atoms with Crippen molar-refractivity contribution >= 4 is 102 Å². The van der Waals surface area contributed by atoms with Gasteiger partial charge < -0.3 is 30.9 Å². The van der Waals surface area contributed by atoms with E-state index in [9.17, 15) is 0 Å². The number of nitrogens with zero attached hydrogens (tertiary/aromatic N) is 6. The minimum Gasteiger partial charge on any atom is -0.349 e. The van der Waals surface area contributed by atoms with Crippen LogP contribution in [-0.2, 0) is 0 Å². The highest BCUT2D eigenvalue weighted by molar-refractivity contribution is 7.81. The summed E-state index contributed by atoms with van der Waals surface area (Å²) < 4.78 is 0. The van der Waals surface area contributed by atoms with Gasteiger partial charge >= 0.3 is 0 Å². The fraction of sp³-hybridized carbons (Fsp3) is 0.188. The second-order valence-electron chi connectivity index (χ2n) is 15.7. The van der Waals surface area contributed by atoms with Crippen LogP contribution in [0.5, 0.6) is 0 Å². The predicted octanol–water partition coefficient (Wildman–Crippen LogP) is 11.6. The first-order chi connectivity index (χ1) is 30.8. The Labute approximate surface area is 379 Å². The molecule has 15 heteroatoms. The first kappa shape index (κ1) is 40.3. The van der Waals surface area contributed by atoms with E-state index in [1.807, 2.05) is 48.7 Å². The standard InChI is InChI=1S/3C16H14N4S/c1-2-10-11-7-13-14(8-12(11)20-16(10)21)19-15(18-13)9-3-5-17-6-4-9;1-2-10-11-6-13-14(7-12(11)20-16(10)21)19-15(18-13)9-4-3-5-17-8-9;1-2-9-10-7-13-14(8-12(10)20-16(9)21)19-15(18-13)11-5-3-4-6-17-11/h2*3-8,10H,2H2,1H3,(H,18,19)(H,20,21);3-9H,2H2,1H3,(H,18,19)(H,20,21). The number of H-pyrrole nitrogens is 3. The normalized spacial score (nSPS) is 17.0. The molecule has 12 nitrogen and oxygen atoms in total. The minimum absolute atomic E-state index is 0.306. The van der Waals surface area contributed by atoms with Gasteiger partial charge in [0, 0.05) is 76.9 Å². The Bertz CT molecular complexity index is 2860. The Morgan fingerprint density at radius 1 is 0.476 bits per heavy atom. The molecule has 3 atom stereocenters. The zero-order valence-electron chi connectivity index (χ0n) is 34.7. The summed E-state index contributed by atoms with van der Waals surface area (Å²) in [6.45, 7) is 6.48. The molecule has 6 aromatic heterocycles. The molecular weight excluding hydrogens is 841 g/mol. The smallest absolute Gasteiger partial charge is 0.157 e. The molecule has 0 fully saturated rings. The van der Waals surface area contributed by atoms with E-state index in [1.54, 1.807) is 24.8 Å². The van der Waals surface area contributed by atoms with Crippen molar-refractivity contribution in [1.82, 2.24) is 44.9 Å². The van der Waals surface area contributed by atoms with Gasteiger partial charge in [0.1, 0.15) is 17.3 Å². The van der Waals surface area contributed by atoms with Crippen LogP contribution in [0.4, 0.5) is 17.1 Å². The van der Waals surface area contributed by atoms with E-state index in [-0.39, 0.29) is 0 Å². The van der Waals surface area contributed by atoms with Crippen LogP contribution in [0.25, 0.3) is 67.4 Å². The van der Waals surface area contributed by atoms with Crippen molar-refractivity contribution in [3.05, 3.63) is 127 Å². The summed E-state index contributed by atoms with van der Waals surface area (Å²) in [5.74, 6) is 3.44. The average molecular weight is 883 g/mol. The van der Waals surface area contributed by atoms with Gasteiger partial charge in [-0.15, -0.1) is 0 Å². The van der Waals surface area contributed by atoms with E-state index in [2.05, 4.69) is 118 Å². The lowest BCUT2D eigenvalue weighted by atomic mass is 9.98. The molecule has 12 rings (SSSR count). The summed E-state index contributed by atoms with van der Waals surface area (Å²) in [5, 5.41) is 9.91. The van der Waals surface area contributed by atoms with E-state index >= 15 is 0 Å². The molecule has 0 amide bonds. The van der Waals surface area contributed by atoms with Crippen molar-refractivity contribution in [2.24, 2.45) is 0 Å². The SMILES string of the molecule is CCC1C(=S)Nc2cc3nc(-c4ccccn4)[nH]c3cc21.CCC1C(=S)Nc2cc3nc(-c4cccnc4)[nH]c3cc21.CCC1C(=S)Nc2cc3nc(-c4ccncc4)[nH]c3cc21. The zero-order valence-corrected chi connectivity index (χ0v) is 37.1. The monoisotopic (exact) mass is 882 g/mol. The molecule has 312 valence electrons. The number of aromatic nitrogens is 9. The topological polar surface area (TPSA) is 161 Å². The first-order valence-corrected chi connectivity index (χ1v) is 22.3. The Hall–Kier alpha value is -6.81. The molecular formula is C48H42N12S3. The number of fused-ring (bicyclic) bond motifs is 6. The molecule has 0 saturated heterocycles. The lowest BCUT2D eigenvalue weighted by Crippen LogP contribution is -2.07. The van der Waals surface area contributed by atoms with Gasteiger partial charge in [0.2, 0.25) is 0 Å². The Morgan fingerprint density at radius 3 is 1.40 bits per heavy atom. The van der Waals surface area contributed by atoms with E-state index in [0.29, 0.717) is 17.8 Å². The molecule has 0 aliphatic carbocycles. The number of hydrogen-bond acceptors (Lipinski definition) is 9. The van der Waals surface area contributed by atoms with E-state index in [4.69, 9.17) is 36.7 Å². The molecule has 63 heavy (non-hydrogen) atoms. The van der Waals surface area contributed by atoms with Gasteiger partial charge in [0.05, 0.1) is 48.1 Å². The Balaban J connectivity index is 0.000000112. The Kier molecular flexibility index (Phi) is 10.7. The molecule has 3 aliphatic heterocycles. The minimum atomic E-state index is 0.306. The van der Waals surface area contributed by atoms with Crippen LogP contribution in [0.15, 0.2) is 110 Å². The molecule has 0 radical (unpaired) electrons. The zero-order chi connectivity index (χ0) is 43.2. The van der Waals surface area contributed by atoms with Crippen molar-refractivity contribution < 1.29 is 0 Å². The number of pyridine rings is 3. The van der Waals surface area contributed by atoms with Gasteiger partial charge in [0.25, 0.3) is 0 Å². The van der Waals surface area contributed by atoms with Crippen molar-refractivity contribution in [2.75, 3.05) is 16.0 Å². The highest BCUT2D eigenvalue weighted by atomic mass is 32.1. The second-order valence-corrected chi connectivity index (χ2v) is 17.0. The third-order valence-corrected chi connectivity index (χ3v) is 13.0. The molecule has 3 aliphatic rings. The van der Waals surface area contributed by atoms with Crippen molar-refractivity contribution in [2.45, 2.75) is 57.8 Å². The van der Waals surface area contributed by atoms with Gasteiger partial charge in [-0.2, -0.15) is 0 Å². The number of benzene rings is 3. The van der Waals surface area contributed by atoms with Crippen LogP contribution in [0, 0.1) is 0 Å². The summed E-state index contributed by atoms with van der Waals surface area (Å²) >= 11 is 16.2. The van der Waals surface area contributed by atoms with Gasteiger partial charge in [-0.3, -0.25) is 15.0 Å².